The quantitative estimate of drug-likeness (QED) is 0.161. The largest absolute Gasteiger partial charge is 0.310 e. The Morgan fingerprint density at radius 2 is 0.809 bits per heavy atom. The molecule has 1 nitrogen and oxygen atoms in total. The first-order valence-corrected chi connectivity index (χ1v) is 24.1. The van der Waals surface area contributed by atoms with Crippen molar-refractivity contribution < 1.29 is 0 Å². The third-order valence-corrected chi connectivity index (χ3v) is 15.4. The normalized spacial score (nSPS) is 13.9. The molecule has 0 saturated heterocycles. The molecule has 10 aromatic carbocycles. The minimum absolute atomic E-state index is 0.166. The Kier molecular flexibility index (Phi) is 8.89. The van der Waals surface area contributed by atoms with Gasteiger partial charge in [-0.2, -0.15) is 0 Å². The van der Waals surface area contributed by atoms with E-state index < -0.39 is 5.41 Å². The van der Waals surface area contributed by atoms with Gasteiger partial charge in [0.2, 0.25) is 0 Å². The molecule has 0 unspecified atom stereocenters. The molecule has 0 heterocycles. The standard InChI is InChI=1S/C67H51N/c1-42-27-32-60-56(35-42)55-24-16-23-52(65(55)67(60)61-33-28-43(2)36-57(61)58-37-44(3)29-34-62(58)67)48-38-47(45-17-8-6-9-18-45)39-50(40-48)68(64-26-15-13-21-51(64)46-19-10-7-11-20-46)49-30-31-54-53-22-12-14-25-59(53)66(4,5)63(54)41-49/h6-41H,1-5H3. The van der Waals surface area contributed by atoms with Crippen LogP contribution in [-0.4, -0.2) is 0 Å². The Bertz CT molecular complexity index is 3630. The van der Waals surface area contributed by atoms with Gasteiger partial charge in [0, 0.05) is 22.4 Å². The van der Waals surface area contributed by atoms with Crippen molar-refractivity contribution in [3.8, 4) is 66.8 Å². The number of hydrogen-bond acceptors (Lipinski definition) is 1. The first kappa shape index (κ1) is 40.3. The van der Waals surface area contributed by atoms with Crippen LogP contribution in [0, 0.1) is 20.8 Å². The van der Waals surface area contributed by atoms with Crippen LogP contribution in [0.25, 0.3) is 66.8 Å². The van der Waals surface area contributed by atoms with Gasteiger partial charge in [0.25, 0.3) is 0 Å². The Balaban J connectivity index is 1.12. The van der Waals surface area contributed by atoms with Gasteiger partial charge in [-0.05, 0) is 152 Å². The molecule has 10 aromatic rings. The van der Waals surface area contributed by atoms with E-state index in [1.165, 1.54) is 117 Å². The molecule has 0 N–H and O–H groups in total. The highest BCUT2D eigenvalue weighted by Crippen LogP contribution is 2.65. The monoisotopic (exact) mass is 869 g/mol. The molecule has 68 heavy (non-hydrogen) atoms. The van der Waals surface area contributed by atoms with E-state index in [-0.39, 0.29) is 5.41 Å². The molecular weight excluding hydrogens is 819 g/mol. The van der Waals surface area contributed by atoms with Crippen LogP contribution in [0.15, 0.2) is 218 Å². The van der Waals surface area contributed by atoms with Crippen LogP contribution in [0.2, 0.25) is 0 Å². The molecule has 3 aliphatic carbocycles. The number of nitrogens with zero attached hydrogens (tertiary/aromatic N) is 1. The fourth-order valence-corrected chi connectivity index (χ4v) is 12.4. The topological polar surface area (TPSA) is 3.24 Å². The van der Waals surface area contributed by atoms with E-state index in [1.807, 2.05) is 0 Å². The molecular formula is C67H51N. The lowest BCUT2D eigenvalue weighted by Gasteiger charge is -2.33. The summed E-state index contributed by atoms with van der Waals surface area (Å²) >= 11 is 0. The van der Waals surface area contributed by atoms with Gasteiger partial charge in [0.15, 0.2) is 0 Å². The van der Waals surface area contributed by atoms with Crippen molar-refractivity contribution in [3.05, 3.63) is 268 Å². The molecule has 13 rings (SSSR count). The summed E-state index contributed by atoms with van der Waals surface area (Å²) in [5, 5.41) is 0. The lowest BCUT2D eigenvalue weighted by molar-refractivity contribution is 0.660. The number of hydrogen-bond donors (Lipinski definition) is 0. The summed E-state index contributed by atoms with van der Waals surface area (Å²) in [6.45, 7) is 11.4. The summed E-state index contributed by atoms with van der Waals surface area (Å²) in [5.41, 5.74) is 29.8. The van der Waals surface area contributed by atoms with E-state index in [9.17, 15) is 0 Å². The van der Waals surface area contributed by atoms with Crippen LogP contribution >= 0.6 is 0 Å². The van der Waals surface area contributed by atoms with Crippen LogP contribution in [0.4, 0.5) is 17.1 Å². The first-order chi connectivity index (χ1) is 33.2. The number of benzene rings is 10. The SMILES string of the molecule is Cc1ccc2c(c1)-c1cc(C)ccc1C21c2ccc(C)cc2-c2cccc(-c3cc(-c4ccccc4)cc(N(c4ccc5c(c4)C(C)(C)c4ccccc4-5)c4ccccc4-c4ccccc4)c3)c21. The summed E-state index contributed by atoms with van der Waals surface area (Å²) in [7, 11) is 0. The molecule has 0 saturated carbocycles. The molecule has 0 aliphatic heterocycles. The van der Waals surface area contributed by atoms with Gasteiger partial charge in [-0.1, -0.05) is 213 Å². The van der Waals surface area contributed by atoms with Crippen molar-refractivity contribution in [2.24, 2.45) is 0 Å². The van der Waals surface area contributed by atoms with Crippen molar-refractivity contribution in [3.63, 3.8) is 0 Å². The van der Waals surface area contributed by atoms with Gasteiger partial charge in [-0.3, -0.25) is 0 Å². The molecule has 0 bridgehead atoms. The molecule has 1 spiro atoms. The summed E-state index contributed by atoms with van der Waals surface area (Å²) in [5.74, 6) is 0. The Morgan fingerprint density at radius 3 is 1.47 bits per heavy atom. The zero-order valence-electron chi connectivity index (χ0n) is 39.2. The molecule has 3 aliphatic rings. The van der Waals surface area contributed by atoms with Crippen LogP contribution in [0.1, 0.15) is 63.9 Å². The maximum Gasteiger partial charge on any atom is 0.0731 e. The first-order valence-electron chi connectivity index (χ1n) is 24.1. The molecule has 324 valence electrons. The lowest BCUT2D eigenvalue weighted by Crippen LogP contribution is -2.26. The Hall–Kier alpha value is -8.00. The third kappa shape index (κ3) is 5.82. The van der Waals surface area contributed by atoms with Gasteiger partial charge in [-0.15, -0.1) is 0 Å². The van der Waals surface area contributed by atoms with Crippen LogP contribution in [0.3, 0.4) is 0 Å². The average molecular weight is 870 g/mol. The van der Waals surface area contributed by atoms with E-state index >= 15 is 0 Å². The summed E-state index contributed by atoms with van der Waals surface area (Å²) in [4.78, 5) is 2.53. The van der Waals surface area contributed by atoms with Crippen LogP contribution in [-0.2, 0) is 10.8 Å². The van der Waals surface area contributed by atoms with Crippen molar-refractivity contribution in [2.75, 3.05) is 4.90 Å². The highest BCUT2D eigenvalue weighted by molar-refractivity contribution is 6.00. The van der Waals surface area contributed by atoms with E-state index in [0.29, 0.717) is 0 Å². The van der Waals surface area contributed by atoms with Crippen LogP contribution in [0.5, 0.6) is 0 Å². The third-order valence-electron chi connectivity index (χ3n) is 15.4. The average Bonchev–Trinajstić information content (AvgIpc) is 3.91. The predicted octanol–water partition coefficient (Wildman–Crippen LogP) is 17.7. The van der Waals surface area contributed by atoms with E-state index in [0.717, 1.165) is 17.1 Å². The second-order valence-electron chi connectivity index (χ2n) is 19.9. The smallest absolute Gasteiger partial charge is 0.0731 e. The zero-order chi connectivity index (χ0) is 45.9. The predicted molar refractivity (Wildman–Crippen MR) is 286 cm³/mol. The molecule has 0 radical (unpaired) electrons. The van der Waals surface area contributed by atoms with E-state index in [2.05, 4.69) is 258 Å². The van der Waals surface area contributed by atoms with E-state index in [1.54, 1.807) is 0 Å². The van der Waals surface area contributed by atoms with Gasteiger partial charge in [0.1, 0.15) is 0 Å². The van der Waals surface area contributed by atoms with Crippen LogP contribution < -0.4 is 4.90 Å². The molecule has 1 heteroatoms. The maximum atomic E-state index is 2.53. The van der Waals surface area contributed by atoms with E-state index in [4.69, 9.17) is 0 Å². The minimum Gasteiger partial charge on any atom is -0.310 e. The van der Waals surface area contributed by atoms with Gasteiger partial charge >= 0.3 is 0 Å². The lowest BCUT2D eigenvalue weighted by atomic mass is 9.68. The van der Waals surface area contributed by atoms with Gasteiger partial charge < -0.3 is 4.90 Å². The van der Waals surface area contributed by atoms with Crippen molar-refractivity contribution >= 4 is 17.1 Å². The zero-order valence-corrected chi connectivity index (χ0v) is 39.2. The summed E-state index contributed by atoms with van der Waals surface area (Å²) in [6, 6.07) is 82.8. The second-order valence-corrected chi connectivity index (χ2v) is 19.9. The fraction of sp³-hybridized carbons (Fsp3) is 0.104. The number of para-hydroxylation sites is 1. The van der Waals surface area contributed by atoms with Gasteiger partial charge in [-0.25, -0.2) is 0 Å². The fourth-order valence-electron chi connectivity index (χ4n) is 12.4. The summed E-state index contributed by atoms with van der Waals surface area (Å²) < 4.78 is 0. The van der Waals surface area contributed by atoms with Gasteiger partial charge in [0.05, 0.1) is 11.1 Å². The Morgan fingerprint density at radius 1 is 0.294 bits per heavy atom. The number of aryl methyl sites for hydroxylation is 3. The highest BCUT2D eigenvalue weighted by atomic mass is 15.1. The number of fused-ring (bicyclic) bond motifs is 13. The van der Waals surface area contributed by atoms with Crippen molar-refractivity contribution in [1.29, 1.82) is 0 Å². The number of rotatable bonds is 6. The Labute approximate surface area is 400 Å². The molecule has 0 aromatic heterocycles. The molecule has 0 fully saturated rings. The summed E-state index contributed by atoms with van der Waals surface area (Å²) in [6.07, 6.45) is 0. The maximum absolute atomic E-state index is 2.53. The molecule has 0 atom stereocenters. The van der Waals surface area contributed by atoms with Crippen molar-refractivity contribution in [1.82, 2.24) is 0 Å². The second kappa shape index (κ2) is 15.0. The molecule has 0 amide bonds. The highest BCUT2D eigenvalue weighted by Gasteiger charge is 2.53. The number of anilines is 3. The minimum atomic E-state index is -0.510. The van der Waals surface area contributed by atoms with Crippen molar-refractivity contribution in [2.45, 2.75) is 45.4 Å².